The molecule has 1 atom stereocenters. The molecule has 80 valence electrons. The fraction of sp³-hybridized carbons (Fsp3) is 0.778. The highest BCUT2D eigenvalue weighted by Gasteiger charge is 2.30. The van der Waals surface area contributed by atoms with Crippen molar-refractivity contribution in [3.8, 4) is 0 Å². The van der Waals surface area contributed by atoms with E-state index in [0.29, 0.717) is 6.42 Å². The first kappa shape index (κ1) is 11.1. The number of nitrogens with two attached hydrogens (primary N) is 1. The van der Waals surface area contributed by atoms with Gasteiger partial charge in [-0.05, 0) is 5.92 Å². The standard InChI is InChI=1S/C9H18N4O/c1-7(2)9(14,6-10)4-8-5-13(3)12-11-8/h5,7,14H,4,6,10H2,1-3H3. The van der Waals surface area contributed by atoms with Crippen LogP contribution in [0.4, 0.5) is 0 Å². The molecule has 0 fully saturated rings. The van der Waals surface area contributed by atoms with Crippen LogP contribution in [0.5, 0.6) is 0 Å². The van der Waals surface area contributed by atoms with E-state index in [1.165, 1.54) is 0 Å². The molecule has 0 aromatic carbocycles. The van der Waals surface area contributed by atoms with E-state index in [-0.39, 0.29) is 12.5 Å². The molecule has 5 heteroatoms. The third-order valence-electron chi connectivity index (χ3n) is 2.57. The largest absolute Gasteiger partial charge is 0.388 e. The van der Waals surface area contributed by atoms with Gasteiger partial charge in [0.15, 0.2) is 0 Å². The van der Waals surface area contributed by atoms with Gasteiger partial charge in [0, 0.05) is 26.2 Å². The van der Waals surface area contributed by atoms with Crippen molar-refractivity contribution in [1.82, 2.24) is 15.0 Å². The lowest BCUT2D eigenvalue weighted by atomic mass is 9.86. The van der Waals surface area contributed by atoms with E-state index < -0.39 is 5.60 Å². The summed E-state index contributed by atoms with van der Waals surface area (Å²) < 4.78 is 1.62. The molecule has 1 aromatic rings. The quantitative estimate of drug-likeness (QED) is 0.696. The van der Waals surface area contributed by atoms with Gasteiger partial charge < -0.3 is 10.8 Å². The van der Waals surface area contributed by atoms with Gasteiger partial charge in [-0.15, -0.1) is 5.10 Å². The second-order valence-electron chi connectivity index (χ2n) is 4.02. The monoisotopic (exact) mass is 198 g/mol. The number of hydrogen-bond donors (Lipinski definition) is 2. The molecule has 1 aromatic heterocycles. The van der Waals surface area contributed by atoms with Crippen LogP contribution in [0, 0.1) is 5.92 Å². The zero-order valence-electron chi connectivity index (χ0n) is 8.94. The summed E-state index contributed by atoms with van der Waals surface area (Å²) in [4.78, 5) is 0. The Hall–Kier alpha value is -0.940. The summed E-state index contributed by atoms with van der Waals surface area (Å²) in [7, 11) is 1.80. The topological polar surface area (TPSA) is 77.0 Å². The van der Waals surface area contributed by atoms with Crippen molar-refractivity contribution in [2.45, 2.75) is 25.9 Å². The molecule has 0 aliphatic rings. The maximum atomic E-state index is 10.2. The van der Waals surface area contributed by atoms with E-state index in [1.54, 1.807) is 17.9 Å². The molecule has 5 nitrogen and oxygen atoms in total. The lowest BCUT2D eigenvalue weighted by molar-refractivity contribution is 0.00321. The molecular formula is C9H18N4O. The van der Waals surface area contributed by atoms with E-state index in [1.807, 2.05) is 13.8 Å². The van der Waals surface area contributed by atoms with Crippen molar-refractivity contribution in [2.75, 3.05) is 6.54 Å². The highest BCUT2D eigenvalue weighted by molar-refractivity contribution is 5.01. The van der Waals surface area contributed by atoms with Crippen LogP contribution in [0.3, 0.4) is 0 Å². The number of aromatic nitrogens is 3. The summed E-state index contributed by atoms with van der Waals surface area (Å²) in [5, 5.41) is 17.9. The Balaban J connectivity index is 2.75. The van der Waals surface area contributed by atoms with Gasteiger partial charge in [0.2, 0.25) is 0 Å². The normalized spacial score (nSPS) is 15.9. The minimum Gasteiger partial charge on any atom is -0.388 e. The first-order chi connectivity index (χ1) is 6.48. The molecule has 3 N–H and O–H groups in total. The average molecular weight is 198 g/mol. The Kier molecular flexibility index (Phi) is 3.23. The van der Waals surface area contributed by atoms with Crippen LogP contribution in [-0.4, -0.2) is 32.2 Å². The van der Waals surface area contributed by atoms with Crippen molar-refractivity contribution in [3.63, 3.8) is 0 Å². The Morgan fingerprint density at radius 3 is 2.64 bits per heavy atom. The van der Waals surface area contributed by atoms with Gasteiger partial charge in [-0.25, -0.2) is 0 Å². The summed E-state index contributed by atoms with van der Waals surface area (Å²) in [6.45, 7) is 4.13. The number of rotatable bonds is 4. The SMILES string of the molecule is CC(C)C(O)(CN)Cc1cn(C)nn1. The third-order valence-corrected chi connectivity index (χ3v) is 2.57. The maximum Gasteiger partial charge on any atom is 0.0856 e. The first-order valence-electron chi connectivity index (χ1n) is 4.75. The van der Waals surface area contributed by atoms with Crippen molar-refractivity contribution < 1.29 is 5.11 Å². The molecule has 0 radical (unpaired) electrons. The highest BCUT2D eigenvalue weighted by Crippen LogP contribution is 2.19. The predicted octanol–water partition coefficient (Wildman–Crippen LogP) is -0.297. The van der Waals surface area contributed by atoms with Crippen LogP contribution in [0.25, 0.3) is 0 Å². The van der Waals surface area contributed by atoms with Crippen molar-refractivity contribution in [2.24, 2.45) is 18.7 Å². The fourth-order valence-corrected chi connectivity index (χ4v) is 1.30. The molecular weight excluding hydrogens is 180 g/mol. The molecule has 0 aliphatic carbocycles. The Labute approximate surface area is 83.9 Å². The van der Waals surface area contributed by atoms with Gasteiger partial charge in [0.05, 0.1) is 11.3 Å². The summed E-state index contributed by atoms with van der Waals surface area (Å²) in [6, 6.07) is 0. The Morgan fingerprint density at radius 2 is 2.29 bits per heavy atom. The number of hydrogen-bond acceptors (Lipinski definition) is 4. The van der Waals surface area contributed by atoms with Gasteiger partial charge in [-0.3, -0.25) is 4.68 Å². The Morgan fingerprint density at radius 1 is 1.64 bits per heavy atom. The van der Waals surface area contributed by atoms with Crippen molar-refractivity contribution in [3.05, 3.63) is 11.9 Å². The molecule has 0 saturated heterocycles. The van der Waals surface area contributed by atoms with Crippen LogP contribution in [0.2, 0.25) is 0 Å². The fourth-order valence-electron chi connectivity index (χ4n) is 1.30. The number of aliphatic hydroxyl groups is 1. The minimum atomic E-state index is -0.879. The van der Waals surface area contributed by atoms with Crippen LogP contribution in [0.15, 0.2) is 6.20 Å². The summed E-state index contributed by atoms with van der Waals surface area (Å²) in [6.07, 6.45) is 2.25. The predicted molar refractivity (Wildman–Crippen MR) is 53.5 cm³/mol. The molecule has 0 amide bonds. The second kappa shape index (κ2) is 4.06. The minimum absolute atomic E-state index is 0.106. The van der Waals surface area contributed by atoms with Gasteiger partial charge >= 0.3 is 0 Å². The van der Waals surface area contributed by atoms with Crippen molar-refractivity contribution in [1.29, 1.82) is 0 Å². The van der Waals surface area contributed by atoms with Crippen LogP contribution >= 0.6 is 0 Å². The summed E-state index contributed by atoms with van der Waals surface area (Å²) in [5.41, 5.74) is 5.45. The van der Waals surface area contributed by atoms with E-state index in [9.17, 15) is 5.11 Å². The molecule has 0 bridgehead atoms. The average Bonchev–Trinajstić information content (AvgIpc) is 2.50. The van der Waals surface area contributed by atoms with E-state index in [2.05, 4.69) is 10.3 Å². The molecule has 1 unspecified atom stereocenters. The molecule has 1 rings (SSSR count). The van der Waals surface area contributed by atoms with E-state index in [4.69, 9.17) is 5.73 Å². The number of nitrogens with zero attached hydrogens (tertiary/aromatic N) is 3. The first-order valence-corrected chi connectivity index (χ1v) is 4.75. The summed E-state index contributed by atoms with van der Waals surface area (Å²) >= 11 is 0. The van der Waals surface area contributed by atoms with Crippen molar-refractivity contribution >= 4 is 0 Å². The van der Waals surface area contributed by atoms with Crippen LogP contribution in [-0.2, 0) is 13.5 Å². The van der Waals surface area contributed by atoms with Crippen LogP contribution < -0.4 is 5.73 Å². The maximum absolute atomic E-state index is 10.2. The summed E-state index contributed by atoms with van der Waals surface area (Å²) in [5.74, 6) is 0.106. The highest BCUT2D eigenvalue weighted by atomic mass is 16.3. The zero-order valence-corrected chi connectivity index (χ0v) is 8.94. The van der Waals surface area contributed by atoms with Crippen LogP contribution in [0.1, 0.15) is 19.5 Å². The molecule has 1 heterocycles. The van der Waals surface area contributed by atoms with Gasteiger partial charge in [0.1, 0.15) is 0 Å². The van der Waals surface area contributed by atoms with Gasteiger partial charge in [-0.1, -0.05) is 19.1 Å². The van der Waals surface area contributed by atoms with E-state index >= 15 is 0 Å². The zero-order chi connectivity index (χ0) is 10.8. The number of aryl methyl sites for hydroxylation is 1. The third kappa shape index (κ3) is 2.30. The lowest BCUT2D eigenvalue weighted by Gasteiger charge is -2.29. The smallest absolute Gasteiger partial charge is 0.0856 e. The molecule has 14 heavy (non-hydrogen) atoms. The Bertz CT molecular complexity index is 297. The molecule has 0 spiro atoms. The van der Waals surface area contributed by atoms with E-state index in [0.717, 1.165) is 5.69 Å². The molecule has 0 aliphatic heterocycles. The molecule has 0 saturated carbocycles. The van der Waals surface area contributed by atoms with Gasteiger partial charge in [-0.2, -0.15) is 0 Å². The second-order valence-corrected chi connectivity index (χ2v) is 4.02. The lowest BCUT2D eigenvalue weighted by Crippen LogP contribution is -2.44. The van der Waals surface area contributed by atoms with Gasteiger partial charge in [0.25, 0.3) is 0 Å².